The zero-order chi connectivity index (χ0) is 16.8. The molecule has 3 rings (SSSR count). The molecule has 5 heteroatoms. The van der Waals surface area contributed by atoms with Crippen molar-refractivity contribution < 1.29 is 4.39 Å². The van der Waals surface area contributed by atoms with Gasteiger partial charge in [-0.25, -0.2) is 4.39 Å². The topological polar surface area (TPSA) is 31.4 Å². The van der Waals surface area contributed by atoms with Crippen molar-refractivity contribution in [3.63, 3.8) is 0 Å². The predicted molar refractivity (Wildman–Crippen MR) is 95.8 cm³/mol. The minimum atomic E-state index is -0.125. The molecule has 0 bridgehead atoms. The monoisotopic (exact) mass is 328 g/mol. The molecule has 1 aromatic heterocycles. The molecule has 0 spiro atoms. The Morgan fingerprint density at radius 1 is 1.12 bits per heavy atom. The van der Waals surface area contributed by atoms with Crippen molar-refractivity contribution >= 4 is 5.69 Å². The quantitative estimate of drug-likeness (QED) is 0.882. The van der Waals surface area contributed by atoms with E-state index in [0.717, 1.165) is 56.9 Å². The number of likely N-dealkylation sites (N-methyl/N-ethyl adjacent to an activating group) is 1. The van der Waals surface area contributed by atoms with Gasteiger partial charge in [0, 0.05) is 51.7 Å². The second-order valence-corrected chi connectivity index (χ2v) is 6.37. The lowest BCUT2D eigenvalue weighted by Gasteiger charge is -2.30. The summed E-state index contributed by atoms with van der Waals surface area (Å²) in [7, 11) is 2.11. The molecule has 4 nitrogen and oxygen atoms in total. The van der Waals surface area contributed by atoms with Gasteiger partial charge in [0.2, 0.25) is 0 Å². The first-order chi connectivity index (χ1) is 11.7. The van der Waals surface area contributed by atoms with E-state index in [9.17, 15) is 4.39 Å². The zero-order valence-corrected chi connectivity index (χ0v) is 14.2. The van der Waals surface area contributed by atoms with E-state index in [1.807, 2.05) is 36.7 Å². The first kappa shape index (κ1) is 16.9. The van der Waals surface area contributed by atoms with Gasteiger partial charge >= 0.3 is 0 Å². The number of benzene rings is 1. The highest BCUT2D eigenvalue weighted by Gasteiger charge is 2.15. The highest BCUT2D eigenvalue weighted by atomic mass is 19.1. The Bertz CT molecular complexity index is 641. The number of piperazine rings is 1. The van der Waals surface area contributed by atoms with Gasteiger partial charge in [-0.2, -0.15) is 0 Å². The van der Waals surface area contributed by atoms with Gasteiger partial charge in [0.15, 0.2) is 0 Å². The fourth-order valence-electron chi connectivity index (χ4n) is 3.06. The third-order valence-corrected chi connectivity index (χ3v) is 4.45. The van der Waals surface area contributed by atoms with E-state index in [1.54, 1.807) is 6.07 Å². The minimum Gasteiger partial charge on any atom is -0.367 e. The molecular formula is C19H25FN4. The zero-order valence-electron chi connectivity index (χ0n) is 14.2. The number of nitrogens with one attached hydrogen (secondary N) is 1. The molecule has 1 aromatic carbocycles. The standard InChI is InChI=1S/C19H25FN4/c1-23(11-6-16-4-7-21-8-5-16)15-17-2-3-18(20)19(14-17)24-12-9-22-10-13-24/h2-5,7-8,14,22H,6,9-13,15H2,1H3. The molecule has 1 N–H and O–H groups in total. The van der Waals surface area contributed by atoms with Crippen LogP contribution < -0.4 is 10.2 Å². The Labute approximate surface area is 143 Å². The molecule has 1 aliphatic heterocycles. The first-order valence-electron chi connectivity index (χ1n) is 8.54. The lowest BCUT2D eigenvalue weighted by Crippen LogP contribution is -2.43. The van der Waals surface area contributed by atoms with E-state index >= 15 is 0 Å². The van der Waals surface area contributed by atoms with Crippen LogP contribution in [-0.2, 0) is 13.0 Å². The van der Waals surface area contributed by atoms with E-state index < -0.39 is 0 Å². The van der Waals surface area contributed by atoms with E-state index in [2.05, 4.69) is 27.1 Å². The minimum absolute atomic E-state index is 0.125. The van der Waals surface area contributed by atoms with Crippen molar-refractivity contribution in [2.75, 3.05) is 44.7 Å². The Balaban J connectivity index is 1.60. The van der Waals surface area contributed by atoms with Gasteiger partial charge in [-0.15, -0.1) is 0 Å². The van der Waals surface area contributed by atoms with Gasteiger partial charge in [0.1, 0.15) is 5.82 Å². The average Bonchev–Trinajstić information content (AvgIpc) is 2.63. The van der Waals surface area contributed by atoms with Crippen molar-refractivity contribution in [1.82, 2.24) is 15.2 Å². The van der Waals surface area contributed by atoms with Crippen LogP contribution in [0.2, 0.25) is 0 Å². The smallest absolute Gasteiger partial charge is 0.146 e. The van der Waals surface area contributed by atoms with Crippen LogP contribution in [-0.4, -0.2) is 49.7 Å². The molecule has 1 saturated heterocycles. The molecule has 0 aliphatic carbocycles. The molecule has 24 heavy (non-hydrogen) atoms. The lowest BCUT2D eigenvalue weighted by molar-refractivity contribution is 0.331. The number of nitrogens with zero attached hydrogens (tertiary/aromatic N) is 3. The fourth-order valence-corrected chi connectivity index (χ4v) is 3.06. The first-order valence-corrected chi connectivity index (χ1v) is 8.54. The molecule has 0 radical (unpaired) electrons. The number of hydrogen-bond donors (Lipinski definition) is 1. The molecule has 2 heterocycles. The molecule has 128 valence electrons. The van der Waals surface area contributed by atoms with Crippen LogP contribution in [0.5, 0.6) is 0 Å². The summed E-state index contributed by atoms with van der Waals surface area (Å²) in [4.78, 5) is 8.45. The number of pyridine rings is 1. The molecular weight excluding hydrogens is 303 g/mol. The third-order valence-electron chi connectivity index (χ3n) is 4.45. The summed E-state index contributed by atoms with van der Waals surface area (Å²) in [6, 6.07) is 9.60. The van der Waals surface area contributed by atoms with E-state index in [0.29, 0.717) is 0 Å². The van der Waals surface area contributed by atoms with Gasteiger partial charge in [-0.3, -0.25) is 4.98 Å². The molecule has 1 aliphatic rings. The van der Waals surface area contributed by atoms with Crippen LogP contribution >= 0.6 is 0 Å². The van der Waals surface area contributed by atoms with Crippen LogP contribution in [0.1, 0.15) is 11.1 Å². The summed E-state index contributed by atoms with van der Waals surface area (Å²) in [5.74, 6) is -0.125. The van der Waals surface area contributed by atoms with Gasteiger partial charge in [-0.05, 0) is 48.9 Å². The predicted octanol–water partition coefficient (Wildman–Crippen LogP) is 2.30. The molecule has 0 amide bonds. The van der Waals surface area contributed by atoms with E-state index in [4.69, 9.17) is 0 Å². The highest BCUT2D eigenvalue weighted by Crippen LogP contribution is 2.22. The number of aromatic nitrogens is 1. The van der Waals surface area contributed by atoms with Crippen molar-refractivity contribution in [1.29, 1.82) is 0 Å². The van der Waals surface area contributed by atoms with E-state index in [1.165, 1.54) is 5.56 Å². The van der Waals surface area contributed by atoms with Gasteiger partial charge < -0.3 is 15.1 Å². The summed E-state index contributed by atoms with van der Waals surface area (Å²) in [6.45, 7) is 5.33. The maximum atomic E-state index is 14.2. The van der Waals surface area contributed by atoms with Gasteiger partial charge in [-0.1, -0.05) is 6.07 Å². The highest BCUT2D eigenvalue weighted by molar-refractivity contribution is 5.50. The van der Waals surface area contributed by atoms with Crippen LogP contribution in [0.25, 0.3) is 0 Å². The Morgan fingerprint density at radius 3 is 2.62 bits per heavy atom. The largest absolute Gasteiger partial charge is 0.367 e. The average molecular weight is 328 g/mol. The summed E-state index contributed by atoms with van der Waals surface area (Å²) in [5.41, 5.74) is 3.18. The SMILES string of the molecule is CN(CCc1ccncc1)Cc1ccc(F)c(N2CCNCC2)c1. The molecule has 2 aromatic rings. The third kappa shape index (κ3) is 4.52. The maximum absolute atomic E-state index is 14.2. The fraction of sp³-hybridized carbons (Fsp3) is 0.421. The van der Waals surface area contributed by atoms with Crippen LogP contribution in [0, 0.1) is 5.82 Å². The molecule has 1 fully saturated rings. The Hall–Kier alpha value is -1.98. The number of hydrogen-bond acceptors (Lipinski definition) is 4. The normalized spacial score (nSPS) is 15.0. The van der Waals surface area contributed by atoms with Gasteiger partial charge in [0.05, 0.1) is 5.69 Å². The van der Waals surface area contributed by atoms with Crippen molar-refractivity contribution in [2.24, 2.45) is 0 Å². The molecule has 0 atom stereocenters. The molecule has 0 unspecified atom stereocenters. The van der Waals surface area contributed by atoms with Crippen molar-refractivity contribution in [3.8, 4) is 0 Å². The van der Waals surface area contributed by atoms with Gasteiger partial charge in [0.25, 0.3) is 0 Å². The van der Waals surface area contributed by atoms with Crippen molar-refractivity contribution in [2.45, 2.75) is 13.0 Å². The lowest BCUT2D eigenvalue weighted by atomic mass is 10.1. The van der Waals surface area contributed by atoms with Crippen LogP contribution in [0.4, 0.5) is 10.1 Å². The number of rotatable bonds is 6. The summed E-state index contributed by atoms with van der Waals surface area (Å²) in [5, 5.41) is 3.31. The Kier molecular flexibility index (Phi) is 5.77. The number of anilines is 1. The summed E-state index contributed by atoms with van der Waals surface area (Å²) >= 11 is 0. The van der Waals surface area contributed by atoms with Crippen molar-refractivity contribution in [3.05, 3.63) is 59.7 Å². The maximum Gasteiger partial charge on any atom is 0.146 e. The Morgan fingerprint density at radius 2 is 1.88 bits per heavy atom. The second kappa shape index (κ2) is 8.22. The van der Waals surface area contributed by atoms with Crippen LogP contribution in [0.3, 0.4) is 0 Å². The van der Waals surface area contributed by atoms with E-state index in [-0.39, 0.29) is 5.82 Å². The van der Waals surface area contributed by atoms with Crippen LogP contribution in [0.15, 0.2) is 42.7 Å². The number of halogens is 1. The molecule has 0 saturated carbocycles. The summed E-state index contributed by atoms with van der Waals surface area (Å²) < 4.78 is 14.2. The second-order valence-electron chi connectivity index (χ2n) is 6.37. The summed E-state index contributed by atoms with van der Waals surface area (Å²) in [6.07, 6.45) is 4.65.